The van der Waals surface area contributed by atoms with Crippen molar-refractivity contribution in [2.75, 3.05) is 34.8 Å². The van der Waals surface area contributed by atoms with Crippen molar-refractivity contribution in [1.82, 2.24) is 9.80 Å². The molecular weight excluding hydrogens is 252 g/mol. The molecule has 0 radical (unpaired) electrons. The lowest BCUT2D eigenvalue weighted by Crippen LogP contribution is -2.56. The number of phenolic OH excluding ortho intramolecular Hbond substituents is 1. The molecule has 0 spiro atoms. The highest BCUT2D eigenvalue weighted by Crippen LogP contribution is 2.37. The van der Waals surface area contributed by atoms with Gasteiger partial charge in [-0.2, -0.15) is 0 Å². The van der Waals surface area contributed by atoms with Crippen LogP contribution < -0.4 is 4.74 Å². The number of likely N-dealkylation sites (N-methyl/N-ethyl adjacent to an activating group) is 2. The van der Waals surface area contributed by atoms with E-state index in [0.717, 1.165) is 18.7 Å². The number of methoxy groups -OCH3 is 1. The van der Waals surface area contributed by atoms with Gasteiger partial charge in [-0.3, -0.25) is 0 Å². The van der Waals surface area contributed by atoms with E-state index in [2.05, 4.69) is 30.9 Å². The van der Waals surface area contributed by atoms with Gasteiger partial charge in [0, 0.05) is 24.2 Å². The molecule has 0 bridgehead atoms. The third kappa shape index (κ3) is 2.91. The minimum absolute atomic E-state index is 0.259. The lowest BCUT2D eigenvalue weighted by molar-refractivity contribution is 0.0257. The second kappa shape index (κ2) is 6.02. The van der Waals surface area contributed by atoms with Crippen LogP contribution >= 0.6 is 0 Å². The Bertz CT molecular complexity index is 456. The molecule has 4 nitrogen and oxygen atoms in total. The minimum Gasteiger partial charge on any atom is -0.504 e. The summed E-state index contributed by atoms with van der Waals surface area (Å²) in [5, 5.41) is 10.2. The molecule has 0 atom stereocenters. The summed E-state index contributed by atoms with van der Waals surface area (Å²) in [6.45, 7) is 1.76. The second-order valence-corrected chi connectivity index (χ2v) is 6.11. The SMILES string of the molecule is COc1cccc(CN(C)CC2(N(C)C)CCC2)c1O. The first-order chi connectivity index (χ1) is 9.48. The van der Waals surface area contributed by atoms with Crippen molar-refractivity contribution in [1.29, 1.82) is 0 Å². The fourth-order valence-corrected chi connectivity index (χ4v) is 3.04. The topological polar surface area (TPSA) is 35.9 Å². The number of ether oxygens (including phenoxy) is 1. The van der Waals surface area contributed by atoms with Gasteiger partial charge >= 0.3 is 0 Å². The molecule has 0 amide bonds. The Morgan fingerprint density at radius 3 is 2.45 bits per heavy atom. The van der Waals surface area contributed by atoms with Gasteiger partial charge in [-0.15, -0.1) is 0 Å². The lowest BCUT2D eigenvalue weighted by atomic mass is 9.75. The van der Waals surface area contributed by atoms with Crippen LogP contribution in [0.4, 0.5) is 0 Å². The molecule has 1 N–H and O–H groups in total. The van der Waals surface area contributed by atoms with Crippen LogP contribution in [0, 0.1) is 0 Å². The molecule has 0 saturated heterocycles. The van der Waals surface area contributed by atoms with Crippen LogP contribution in [0.15, 0.2) is 18.2 Å². The molecular formula is C16H26N2O2. The highest BCUT2D eigenvalue weighted by molar-refractivity contribution is 5.45. The number of aromatic hydroxyl groups is 1. The molecule has 0 heterocycles. The van der Waals surface area contributed by atoms with Crippen molar-refractivity contribution < 1.29 is 9.84 Å². The quantitative estimate of drug-likeness (QED) is 0.866. The predicted octanol–water partition coefficient (Wildman–Crippen LogP) is 2.32. The maximum Gasteiger partial charge on any atom is 0.162 e. The van der Waals surface area contributed by atoms with E-state index in [9.17, 15) is 5.11 Å². The van der Waals surface area contributed by atoms with Crippen LogP contribution in [0.2, 0.25) is 0 Å². The van der Waals surface area contributed by atoms with Gasteiger partial charge in [0.15, 0.2) is 11.5 Å². The molecule has 0 unspecified atom stereocenters. The average Bonchev–Trinajstić information content (AvgIpc) is 2.36. The number of para-hydroxylation sites is 1. The molecule has 0 aliphatic heterocycles. The van der Waals surface area contributed by atoms with Crippen molar-refractivity contribution in [3.05, 3.63) is 23.8 Å². The maximum atomic E-state index is 10.2. The third-order valence-electron chi connectivity index (χ3n) is 4.54. The molecule has 2 rings (SSSR count). The Hall–Kier alpha value is -1.26. The number of rotatable bonds is 6. The van der Waals surface area contributed by atoms with Crippen LogP contribution in [-0.4, -0.2) is 55.2 Å². The Morgan fingerprint density at radius 2 is 1.95 bits per heavy atom. The van der Waals surface area contributed by atoms with E-state index in [0.29, 0.717) is 11.3 Å². The molecule has 1 saturated carbocycles. The molecule has 1 aliphatic rings. The first-order valence-electron chi connectivity index (χ1n) is 7.19. The summed E-state index contributed by atoms with van der Waals surface area (Å²) >= 11 is 0. The molecule has 20 heavy (non-hydrogen) atoms. The van der Waals surface area contributed by atoms with Gasteiger partial charge in [0.2, 0.25) is 0 Å². The number of nitrogens with zero attached hydrogens (tertiary/aromatic N) is 2. The Labute approximate surface area is 122 Å². The zero-order chi connectivity index (χ0) is 14.8. The zero-order valence-corrected chi connectivity index (χ0v) is 13.0. The summed E-state index contributed by atoms with van der Waals surface area (Å²) in [7, 11) is 8.02. The van der Waals surface area contributed by atoms with Crippen LogP contribution in [0.25, 0.3) is 0 Å². The summed E-state index contributed by atoms with van der Waals surface area (Å²) in [5.41, 5.74) is 1.23. The first-order valence-corrected chi connectivity index (χ1v) is 7.19. The van der Waals surface area contributed by atoms with Crippen molar-refractivity contribution in [3.8, 4) is 11.5 Å². The number of hydrogen-bond acceptors (Lipinski definition) is 4. The van der Waals surface area contributed by atoms with E-state index in [1.54, 1.807) is 13.2 Å². The number of hydrogen-bond donors (Lipinski definition) is 1. The van der Waals surface area contributed by atoms with Crippen molar-refractivity contribution in [2.45, 2.75) is 31.3 Å². The number of benzene rings is 1. The van der Waals surface area contributed by atoms with E-state index in [1.165, 1.54) is 19.3 Å². The Morgan fingerprint density at radius 1 is 1.25 bits per heavy atom. The van der Waals surface area contributed by atoms with Gasteiger partial charge in [-0.25, -0.2) is 0 Å². The van der Waals surface area contributed by atoms with Gasteiger partial charge in [-0.05, 0) is 46.5 Å². The summed E-state index contributed by atoms with van der Waals surface area (Å²) in [6.07, 6.45) is 3.83. The maximum absolute atomic E-state index is 10.2. The smallest absolute Gasteiger partial charge is 0.162 e. The average molecular weight is 278 g/mol. The Balaban J connectivity index is 2.03. The highest BCUT2D eigenvalue weighted by Gasteiger charge is 2.39. The number of phenols is 1. The zero-order valence-electron chi connectivity index (χ0n) is 13.0. The van der Waals surface area contributed by atoms with Crippen LogP contribution in [0.1, 0.15) is 24.8 Å². The van der Waals surface area contributed by atoms with Crippen LogP contribution in [-0.2, 0) is 6.54 Å². The van der Waals surface area contributed by atoms with Gasteiger partial charge in [0.1, 0.15) is 0 Å². The van der Waals surface area contributed by atoms with Gasteiger partial charge < -0.3 is 19.6 Å². The lowest BCUT2D eigenvalue weighted by Gasteiger charge is -2.49. The van der Waals surface area contributed by atoms with Crippen molar-refractivity contribution in [2.24, 2.45) is 0 Å². The molecule has 0 aromatic heterocycles. The van der Waals surface area contributed by atoms with E-state index in [4.69, 9.17) is 4.74 Å². The van der Waals surface area contributed by atoms with E-state index in [-0.39, 0.29) is 5.75 Å². The summed E-state index contributed by atoms with van der Waals surface area (Å²) < 4.78 is 5.16. The Kier molecular flexibility index (Phi) is 4.55. The third-order valence-corrected chi connectivity index (χ3v) is 4.54. The minimum atomic E-state index is 0.259. The standard InChI is InChI=1S/C16H26N2O2/c1-17(2)16(9-6-10-16)12-18(3)11-13-7-5-8-14(20-4)15(13)19/h5,7-8,19H,6,9-12H2,1-4H3. The summed E-state index contributed by atoms with van der Waals surface area (Å²) in [5.74, 6) is 0.802. The van der Waals surface area contributed by atoms with Crippen LogP contribution in [0.3, 0.4) is 0 Å². The fraction of sp³-hybridized carbons (Fsp3) is 0.625. The van der Waals surface area contributed by atoms with Crippen molar-refractivity contribution in [3.63, 3.8) is 0 Å². The summed E-state index contributed by atoms with van der Waals surface area (Å²) in [4.78, 5) is 4.63. The molecule has 1 aliphatic carbocycles. The summed E-state index contributed by atoms with van der Waals surface area (Å²) in [6, 6.07) is 5.66. The highest BCUT2D eigenvalue weighted by atomic mass is 16.5. The second-order valence-electron chi connectivity index (χ2n) is 6.11. The molecule has 112 valence electrons. The van der Waals surface area contributed by atoms with E-state index in [1.807, 2.05) is 12.1 Å². The van der Waals surface area contributed by atoms with E-state index >= 15 is 0 Å². The first kappa shape index (κ1) is 15.1. The molecule has 1 fully saturated rings. The van der Waals surface area contributed by atoms with Gasteiger partial charge in [-0.1, -0.05) is 12.1 Å². The predicted molar refractivity (Wildman–Crippen MR) is 81.3 cm³/mol. The van der Waals surface area contributed by atoms with E-state index < -0.39 is 0 Å². The van der Waals surface area contributed by atoms with Gasteiger partial charge in [0.25, 0.3) is 0 Å². The molecule has 1 aromatic carbocycles. The monoisotopic (exact) mass is 278 g/mol. The van der Waals surface area contributed by atoms with Crippen LogP contribution in [0.5, 0.6) is 11.5 Å². The van der Waals surface area contributed by atoms with Crippen molar-refractivity contribution >= 4 is 0 Å². The fourth-order valence-electron chi connectivity index (χ4n) is 3.04. The molecule has 4 heteroatoms. The normalized spacial score (nSPS) is 17.3. The molecule has 1 aromatic rings. The van der Waals surface area contributed by atoms with Gasteiger partial charge in [0.05, 0.1) is 7.11 Å². The largest absolute Gasteiger partial charge is 0.504 e.